The zero-order valence-electron chi connectivity index (χ0n) is 14.1. The van der Waals surface area contributed by atoms with Gasteiger partial charge in [0.2, 0.25) is 5.91 Å². The van der Waals surface area contributed by atoms with Crippen LogP contribution in [0.3, 0.4) is 0 Å². The van der Waals surface area contributed by atoms with Crippen molar-refractivity contribution in [1.29, 1.82) is 0 Å². The summed E-state index contributed by atoms with van der Waals surface area (Å²) in [5.41, 5.74) is -0.331. The van der Waals surface area contributed by atoms with E-state index in [2.05, 4.69) is 10.6 Å². The summed E-state index contributed by atoms with van der Waals surface area (Å²) in [6, 6.07) is 9.55. The lowest BCUT2D eigenvalue weighted by atomic mass is 10.2. The minimum Gasteiger partial charge on any atom is -0.497 e. The number of carbonyl (C=O) groups excluding carboxylic acids is 2. The Kier molecular flexibility index (Phi) is 6.90. The van der Waals surface area contributed by atoms with Crippen LogP contribution in [-0.2, 0) is 4.79 Å². The molecular formula is C18H18F2N2O4. The van der Waals surface area contributed by atoms with E-state index in [0.29, 0.717) is 17.6 Å². The quantitative estimate of drug-likeness (QED) is 0.702. The molecule has 2 amide bonds. The number of amides is 2. The van der Waals surface area contributed by atoms with Crippen molar-refractivity contribution in [3.05, 3.63) is 59.7 Å². The van der Waals surface area contributed by atoms with Gasteiger partial charge < -0.3 is 20.1 Å². The minimum atomic E-state index is -0.990. The van der Waals surface area contributed by atoms with Gasteiger partial charge in [-0.05, 0) is 36.4 Å². The van der Waals surface area contributed by atoms with Crippen LogP contribution in [0.4, 0.5) is 8.78 Å². The fourth-order valence-corrected chi connectivity index (χ4v) is 2.02. The van der Waals surface area contributed by atoms with Crippen LogP contribution < -0.4 is 20.1 Å². The predicted molar refractivity (Wildman–Crippen MR) is 90.2 cm³/mol. The maximum absolute atomic E-state index is 13.5. The number of benzene rings is 2. The summed E-state index contributed by atoms with van der Waals surface area (Å²) in [5.74, 6) is -1.70. The van der Waals surface area contributed by atoms with Crippen LogP contribution in [0.2, 0.25) is 0 Å². The Balaban J connectivity index is 1.67. The molecule has 2 N–H and O–H groups in total. The molecule has 0 saturated carbocycles. The first-order valence-corrected chi connectivity index (χ1v) is 7.76. The number of halogens is 2. The Bertz CT molecular complexity index is 766. The third-order valence-corrected chi connectivity index (χ3v) is 3.34. The van der Waals surface area contributed by atoms with Crippen LogP contribution in [0.1, 0.15) is 10.4 Å². The molecule has 0 aliphatic rings. The highest BCUT2D eigenvalue weighted by Crippen LogP contribution is 2.16. The highest BCUT2D eigenvalue weighted by Gasteiger charge is 2.13. The van der Waals surface area contributed by atoms with E-state index in [0.717, 1.165) is 12.1 Å². The van der Waals surface area contributed by atoms with Crippen LogP contribution in [0.5, 0.6) is 11.5 Å². The Morgan fingerprint density at radius 3 is 2.35 bits per heavy atom. The van der Waals surface area contributed by atoms with Gasteiger partial charge in [0.1, 0.15) is 29.7 Å². The number of methoxy groups -OCH3 is 1. The summed E-state index contributed by atoms with van der Waals surface area (Å²) in [6.45, 7) is 0.127. The van der Waals surface area contributed by atoms with Gasteiger partial charge in [-0.3, -0.25) is 9.59 Å². The molecule has 2 aromatic rings. The van der Waals surface area contributed by atoms with Crippen molar-refractivity contribution >= 4 is 11.8 Å². The van der Waals surface area contributed by atoms with Gasteiger partial charge in [0.25, 0.3) is 5.91 Å². The third kappa shape index (κ3) is 5.73. The summed E-state index contributed by atoms with van der Waals surface area (Å²) < 4.78 is 36.7. The minimum absolute atomic E-state index is 0.228. The van der Waals surface area contributed by atoms with E-state index >= 15 is 0 Å². The van der Waals surface area contributed by atoms with Gasteiger partial charge in [-0.15, -0.1) is 0 Å². The van der Waals surface area contributed by atoms with E-state index < -0.39 is 23.4 Å². The monoisotopic (exact) mass is 364 g/mol. The number of carbonyl (C=O) groups is 2. The summed E-state index contributed by atoms with van der Waals surface area (Å²) in [6.07, 6.45) is 0. The molecule has 2 rings (SSSR count). The zero-order valence-corrected chi connectivity index (χ0v) is 14.1. The van der Waals surface area contributed by atoms with Crippen molar-refractivity contribution in [3.8, 4) is 11.5 Å². The highest BCUT2D eigenvalue weighted by molar-refractivity contribution is 5.96. The molecule has 2 aromatic carbocycles. The molecule has 138 valence electrons. The van der Waals surface area contributed by atoms with E-state index in [9.17, 15) is 18.4 Å². The smallest absolute Gasteiger partial charge is 0.254 e. The maximum atomic E-state index is 13.5. The van der Waals surface area contributed by atoms with Gasteiger partial charge in [0.15, 0.2) is 0 Å². The first-order chi connectivity index (χ1) is 12.5. The first kappa shape index (κ1) is 19.2. The van der Waals surface area contributed by atoms with Gasteiger partial charge in [-0.1, -0.05) is 0 Å². The molecule has 0 radical (unpaired) electrons. The predicted octanol–water partition coefficient (Wildman–Crippen LogP) is 1.90. The lowest BCUT2D eigenvalue weighted by molar-refractivity contribution is -0.120. The number of nitrogens with one attached hydrogen (secondary N) is 2. The average molecular weight is 364 g/mol. The van der Waals surface area contributed by atoms with Crippen LogP contribution in [0, 0.1) is 11.6 Å². The van der Waals surface area contributed by atoms with Crippen LogP contribution in [-0.4, -0.2) is 38.6 Å². The lowest BCUT2D eigenvalue weighted by Crippen LogP contribution is -2.38. The Hall–Kier alpha value is -3.16. The SMILES string of the molecule is COc1ccc(OCCNC(=O)CNC(=O)c2ccc(F)cc2F)cc1. The number of ether oxygens (including phenoxy) is 2. The van der Waals surface area contributed by atoms with Crippen molar-refractivity contribution in [2.24, 2.45) is 0 Å². The Morgan fingerprint density at radius 2 is 1.69 bits per heavy atom. The lowest BCUT2D eigenvalue weighted by Gasteiger charge is -2.09. The average Bonchev–Trinajstić information content (AvgIpc) is 2.63. The van der Waals surface area contributed by atoms with Gasteiger partial charge in [0.05, 0.1) is 25.8 Å². The van der Waals surface area contributed by atoms with Crippen molar-refractivity contribution in [2.75, 3.05) is 26.8 Å². The molecule has 8 heteroatoms. The van der Waals surface area contributed by atoms with E-state index in [1.165, 1.54) is 0 Å². The van der Waals surface area contributed by atoms with Gasteiger partial charge >= 0.3 is 0 Å². The summed E-state index contributed by atoms with van der Waals surface area (Å²) >= 11 is 0. The largest absolute Gasteiger partial charge is 0.497 e. The number of rotatable bonds is 8. The molecule has 0 aliphatic carbocycles. The fraction of sp³-hybridized carbons (Fsp3) is 0.222. The maximum Gasteiger partial charge on any atom is 0.254 e. The number of hydrogen-bond donors (Lipinski definition) is 2. The summed E-state index contributed by atoms with van der Waals surface area (Å²) in [4.78, 5) is 23.4. The van der Waals surface area contributed by atoms with E-state index in [1.807, 2.05) is 0 Å². The van der Waals surface area contributed by atoms with E-state index in [1.54, 1.807) is 31.4 Å². The van der Waals surface area contributed by atoms with Gasteiger partial charge in [-0.25, -0.2) is 8.78 Å². The van der Waals surface area contributed by atoms with Crippen molar-refractivity contribution in [1.82, 2.24) is 10.6 Å². The second kappa shape index (κ2) is 9.36. The number of hydrogen-bond acceptors (Lipinski definition) is 4. The van der Waals surface area contributed by atoms with Crippen molar-refractivity contribution in [3.63, 3.8) is 0 Å². The molecule has 0 bridgehead atoms. The fourth-order valence-electron chi connectivity index (χ4n) is 2.02. The standard InChI is InChI=1S/C18H18F2N2O4/c1-25-13-3-5-14(6-4-13)26-9-8-21-17(23)11-22-18(24)15-7-2-12(19)10-16(15)20/h2-7,10H,8-9,11H2,1H3,(H,21,23)(H,22,24). The van der Waals surface area contributed by atoms with Crippen molar-refractivity contribution < 1.29 is 27.8 Å². The molecular weight excluding hydrogens is 346 g/mol. The van der Waals surface area contributed by atoms with Crippen LogP contribution in [0.25, 0.3) is 0 Å². The molecule has 0 unspecified atom stereocenters. The zero-order chi connectivity index (χ0) is 18.9. The molecule has 0 saturated heterocycles. The second-order valence-electron chi connectivity index (χ2n) is 5.18. The normalized spacial score (nSPS) is 10.1. The molecule has 0 spiro atoms. The molecule has 0 heterocycles. The van der Waals surface area contributed by atoms with Gasteiger partial charge in [0, 0.05) is 6.07 Å². The van der Waals surface area contributed by atoms with Crippen molar-refractivity contribution in [2.45, 2.75) is 0 Å². The molecule has 26 heavy (non-hydrogen) atoms. The van der Waals surface area contributed by atoms with Gasteiger partial charge in [-0.2, -0.15) is 0 Å². The summed E-state index contributed by atoms with van der Waals surface area (Å²) in [5, 5.41) is 4.81. The first-order valence-electron chi connectivity index (χ1n) is 7.76. The third-order valence-electron chi connectivity index (χ3n) is 3.34. The van der Waals surface area contributed by atoms with E-state index in [4.69, 9.17) is 9.47 Å². The Labute approximate surface area is 149 Å². The Morgan fingerprint density at radius 1 is 1.00 bits per heavy atom. The molecule has 0 fully saturated rings. The second-order valence-corrected chi connectivity index (χ2v) is 5.18. The molecule has 0 atom stereocenters. The molecule has 0 aromatic heterocycles. The molecule has 0 aliphatic heterocycles. The van der Waals surface area contributed by atoms with E-state index in [-0.39, 0.29) is 25.3 Å². The van der Waals surface area contributed by atoms with Crippen LogP contribution >= 0.6 is 0 Å². The summed E-state index contributed by atoms with van der Waals surface area (Å²) in [7, 11) is 1.56. The molecule has 6 nitrogen and oxygen atoms in total. The highest BCUT2D eigenvalue weighted by atomic mass is 19.1. The topological polar surface area (TPSA) is 76.7 Å². The van der Waals surface area contributed by atoms with Crippen LogP contribution in [0.15, 0.2) is 42.5 Å².